The number of benzene rings is 1. The van der Waals surface area contributed by atoms with Crippen molar-refractivity contribution >= 4 is 29.5 Å². The van der Waals surface area contributed by atoms with Gasteiger partial charge in [0.25, 0.3) is 0 Å². The van der Waals surface area contributed by atoms with Crippen LogP contribution in [0.3, 0.4) is 0 Å². The highest BCUT2D eigenvalue weighted by molar-refractivity contribution is 6.03. The molecule has 0 saturated carbocycles. The molecule has 4 aliphatic heterocycles. The fourth-order valence-electron chi connectivity index (χ4n) is 11.3. The monoisotopic (exact) mass is 992 g/mol. The second kappa shape index (κ2) is 23.4. The van der Waals surface area contributed by atoms with Gasteiger partial charge in [-0.3, -0.25) is 14.4 Å². The van der Waals surface area contributed by atoms with Crippen molar-refractivity contribution in [1.82, 2.24) is 4.90 Å². The minimum absolute atomic E-state index is 0.0447. The summed E-state index contributed by atoms with van der Waals surface area (Å²) in [7, 11) is 8.29. The number of aryl methyl sites for hydroxylation is 1. The second-order valence-electron chi connectivity index (χ2n) is 20.9. The van der Waals surface area contributed by atoms with Crippen LogP contribution in [-0.2, 0) is 68.3 Å². The van der Waals surface area contributed by atoms with Gasteiger partial charge < -0.3 is 68.3 Å². The van der Waals surface area contributed by atoms with Crippen molar-refractivity contribution in [2.75, 3.05) is 35.4 Å². The third-order valence-corrected chi connectivity index (χ3v) is 15.7. The molecule has 4 N–H and O–H groups in total. The zero-order chi connectivity index (χ0) is 52.2. The number of oxime groups is 1. The van der Waals surface area contributed by atoms with Crippen LogP contribution in [0.15, 0.2) is 29.4 Å². The number of likely N-dealkylation sites (N-methyl/N-ethyl adjacent to an activating group) is 1. The highest BCUT2D eigenvalue weighted by Gasteiger charge is 2.63. The van der Waals surface area contributed by atoms with E-state index in [2.05, 4.69) is 5.16 Å². The number of aliphatic hydroxyl groups is 2. The zero-order valence-electron chi connectivity index (χ0n) is 43.9. The van der Waals surface area contributed by atoms with Gasteiger partial charge in [0, 0.05) is 50.4 Å². The molecule has 4 saturated heterocycles. The summed E-state index contributed by atoms with van der Waals surface area (Å²) in [4.78, 5) is 64.4. The molecule has 0 aromatic heterocycles. The Morgan fingerprint density at radius 3 is 2.11 bits per heavy atom. The number of hydrogen-bond acceptors (Lipinski definition) is 18. The number of nitrogens with two attached hydrogens (primary N) is 1. The molecule has 1 aromatic rings. The van der Waals surface area contributed by atoms with Gasteiger partial charge in [-0.05, 0) is 99.0 Å². The van der Waals surface area contributed by atoms with E-state index in [4.69, 9.17) is 53.2 Å². The summed E-state index contributed by atoms with van der Waals surface area (Å²) in [6, 6.07) is 6.87. The highest BCUT2D eigenvalue weighted by Crippen LogP contribution is 2.49. The van der Waals surface area contributed by atoms with Crippen LogP contribution in [0, 0.1) is 35.5 Å². The van der Waals surface area contributed by atoms with Crippen LogP contribution < -0.4 is 10.5 Å². The van der Waals surface area contributed by atoms with E-state index in [9.17, 15) is 24.6 Å². The lowest BCUT2D eigenvalue weighted by atomic mass is 9.67. The lowest BCUT2D eigenvalue weighted by Crippen LogP contribution is -2.61. The Balaban J connectivity index is 1.58. The molecule has 5 rings (SSSR count). The number of ether oxygens (including phenoxy) is 9. The maximum atomic E-state index is 15.1. The lowest BCUT2D eigenvalue weighted by Gasteiger charge is -2.50. The van der Waals surface area contributed by atoms with E-state index in [1.165, 1.54) is 14.2 Å². The summed E-state index contributed by atoms with van der Waals surface area (Å²) < 4.78 is 56.5. The van der Waals surface area contributed by atoms with Crippen LogP contribution in [0.1, 0.15) is 107 Å². The first-order valence-electron chi connectivity index (χ1n) is 24.7. The molecule has 0 bridgehead atoms. The minimum atomic E-state index is -1.64. The Labute approximate surface area is 413 Å². The molecule has 0 spiro atoms. The Morgan fingerprint density at radius 2 is 1.53 bits per heavy atom. The number of carbonyl (C=O) groups excluding carboxylic acids is 4. The molecule has 0 aliphatic carbocycles. The summed E-state index contributed by atoms with van der Waals surface area (Å²) in [5, 5.41) is 26.9. The van der Waals surface area contributed by atoms with Crippen LogP contribution in [0.25, 0.3) is 0 Å². The fraction of sp³-hybridized carbons (Fsp3) is 0.784. The molecule has 19 atom stereocenters. The van der Waals surface area contributed by atoms with Crippen LogP contribution in [0.4, 0.5) is 0 Å². The normalized spacial score (nSPS) is 41.3. The van der Waals surface area contributed by atoms with Crippen molar-refractivity contribution < 1.29 is 76.9 Å². The Bertz CT molecular complexity index is 1990. The largest absolute Gasteiger partial charge is 0.497 e. The molecule has 70 heavy (non-hydrogen) atoms. The number of cyclic esters (lactones) is 1. The molecular weight excluding hydrogens is 911 g/mol. The van der Waals surface area contributed by atoms with Crippen molar-refractivity contribution in [2.24, 2.45) is 46.4 Å². The summed E-state index contributed by atoms with van der Waals surface area (Å²) in [5.74, 6) is -8.40. The first kappa shape index (κ1) is 57.1. The number of methoxy groups -OCH3 is 3. The quantitative estimate of drug-likeness (QED) is 0.0772. The number of nitrogens with zero attached hydrogens (tertiary/aromatic N) is 2. The number of ketones is 1. The van der Waals surface area contributed by atoms with E-state index in [0.29, 0.717) is 18.6 Å². The molecule has 19 heteroatoms. The van der Waals surface area contributed by atoms with Gasteiger partial charge in [-0.25, -0.2) is 4.79 Å². The summed E-state index contributed by atoms with van der Waals surface area (Å²) >= 11 is 0. The Morgan fingerprint density at radius 1 is 0.886 bits per heavy atom. The molecule has 396 valence electrons. The van der Waals surface area contributed by atoms with Gasteiger partial charge in [0.1, 0.15) is 35.8 Å². The third kappa shape index (κ3) is 12.2. The van der Waals surface area contributed by atoms with Crippen molar-refractivity contribution in [3.63, 3.8) is 0 Å². The van der Waals surface area contributed by atoms with Crippen LogP contribution >= 0.6 is 0 Å². The predicted molar refractivity (Wildman–Crippen MR) is 255 cm³/mol. The van der Waals surface area contributed by atoms with Gasteiger partial charge >= 0.3 is 17.9 Å². The Kier molecular flexibility index (Phi) is 19.1. The van der Waals surface area contributed by atoms with Crippen LogP contribution in [0.5, 0.6) is 5.75 Å². The van der Waals surface area contributed by atoms with E-state index in [-0.39, 0.29) is 49.4 Å². The molecule has 0 radical (unpaired) electrons. The number of carbonyl (C=O) groups is 4. The number of aliphatic hydroxyl groups excluding tert-OH is 2. The lowest BCUT2D eigenvalue weighted by molar-refractivity contribution is -0.319. The molecule has 4 fully saturated rings. The van der Waals surface area contributed by atoms with Crippen LogP contribution in [-0.4, -0.2) is 158 Å². The standard InChI is InChI=1S/C51H81N3O16/c1-16-35-51(10)39(38(47(60)69-51)45(52)53-70-36(55)22-19-32-17-20-33(61-13)21-18-32)28(4)40(56)26(2)24-50(9,63-15)44(68-48-41(57)34(54(11)12)23-27(3)64-48)29(5)42(30(6)46(59)66-35)67-37-25-49(8,62-14)43(58)31(7)65-37/h17-18,20-21,26-31,34-35,37-39,41-44,48,57-58H,16,19,22-25H2,1-15H3,(H2,52,53)/t26-,27?,28-,29+,30-,31?,34?,35-,37?,38?,39?,41?,42+,43?,44-,48?,49?,50+,51-/m1/s1. The predicted octanol–water partition coefficient (Wildman–Crippen LogP) is 4.33. The van der Waals surface area contributed by atoms with Gasteiger partial charge in [-0.15, -0.1) is 0 Å². The smallest absolute Gasteiger partial charge is 0.335 e. The highest BCUT2D eigenvalue weighted by atomic mass is 16.7. The second-order valence-corrected chi connectivity index (χ2v) is 20.9. The topological polar surface area (TPSA) is 243 Å². The van der Waals surface area contributed by atoms with Crippen molar-refractivity contribution in [1.29, 1.82) is 0 Å². The SMILES string of the molecule is CC[C@H]1OC(=O)[C@H](C)[C@@H](OC2CC(C)(OC)C(O)C(C)O2)[C@H](C)[C@@H](OC2OC(C)CC(N(C)C)C2O)[C@@](C)(OC)C[C@@H](C)C(=O)[C@H](C)C2C(/C(N)=N\OC(=O)CCc3ccc(OC)cc3)C(=O)O[C@@]21C. The molecule has 4 aliphatic rings. The number of hydrogen-bond donors (Lipinski definition) is 3. The van der Waals surface area contributed by atoms with E-state index < -0.39 is 119 Å². The van der Waals surface area contributed by atoms with Gasteiger partial charge in [-0.2, -0.15) is 0 Å². The summed E-state index contributed by atoms with van der Waals surface area (Å²) in [6.07, 6.45) is -7.51. The van der Waals surface area contributed by atoms with Gasteiger partial charge in [0.05, 0.1) is 55.1 Å². The molecule has 10 unspecified atom stereocenters. The van der Waals surface area contributed by atoms with E-state index in [1.54, 1.807) is 74.6 Å². The summed E-state index contributed by atoms with van der Waals surface area (Å²) in [5.41, 5.74) is 3.34. The number of esters is 2. The van der Waals surface area contributed by atoms with Crippen molar-refractivity contribution in [3.8, 4) is 5.75 Å². The minimum Gasteiger partial charge on any atom is -0.497 e. The number of Topliss-reactive ketones (excluding diaryl/α,β-unsaturated/α-hetero) is 1. The van der Waals surface area contributed by atoms with Gasteiger partial charge in [-0.1, -0.05) is 45.0 Å². The average molecular weight is 992 g/mol. The molecule has 19 nitrogen and oxygen atoms in total. The average Bonchev–Trinajstić information content (AvgIpc) is 3.60. The van der Waals surface area contributed by atoms with Gasteiger partial charge in [0.15, 0.2) is 24.0 Å². The van der Waals surface area contributed by atoms with Gasteiger partial charge in [0.2, 0.25) is 0 Å². The summed E-state index contributed by atoms with van der Waals surface area (Å²) in [6.45, 7) is 17.4. The maximum absolute atomic E-state index is 15.1. The van der Waals surface area contributed by atoms with E-state index >= 15 is 4.79 Å². The number of rotatable bonds is 14. The molecule has 0 amide bonds. The number of fused-ring (bicyclic) bond motifs is 1. The molecule has 4 heterocycles. The van der Waals surface area contributed by atoms with E-state index in [0.717, 1.165) is 5.56 Å². The number of amidine groups is 1. The Hall–Kier alpha value is -3.79. The first-order valence-corrected chi connectivity index (χ1v) is 24.7. The van der Waals surface area contributed by atoms with E-state index in [1.807, 2.05) is 45.0 Å². The van der Waals surface area contributed by atoms with Crippen LogP contribution in [0.2, 0.25) is 0 Å². The maximum Gasteiger partial charge on any atom is 0.335 e. The third-order valence-electron chi connectivity index (χ3n) is 15.7. The molecule has 1 aromatic carbocycles. The van der Waals surface area contributed by atoms with Crippen molar-refractivity contribution in [2.45, 2.75) is 186 Å². The fourth-order valence-corrected chi connectivity index (χ4v) is 11.3. The van der Waals surface area contributed by atoms with Crippen molar-refractivity contribution in [3.05, 3.63) is 29.8 Å². The molecular formula is C51H81N3O16. The zero-order valence-corrected chi connectivity index (χ0v) is 43.9. The first-order chi connectivity index (χ1) is 32.8.